The fourth-order valence-electron chi connectivity index (χ4n) is 1.99. The highest BCUT2D eigenvalue weighted by Crippen LogP contribution is 2.36. The lowest BCUT2D eigenvalue weighted by atomic mass is 9.86. The minimum absolute atomic E-state index is 0.0384. The van der Waals surface area contributed by atoms with E-state index >= 15 is 0 Å². The van der Waals surface area contributed by atoms with Gasteiger partial charge in [0.2, 0.25) is 5.91 Å². The quantitative estimate of drug-likeness (QED) is 0.715. The molecule has 108 valence electrons. The number of carbonyl (C=O) groups is 1. The van der Waals surface area contributed by atoms with E-state index in [2.05, 4.69) is 33.0 Å². The molecule has 0 spiro atoms. The van der Waals surface area contributed by atoms with Crippen LogP contribution in [0.5, 0.6) is 0 Å². The predicted molar refractivity (Wildman–Crippen MR) is 81.8 cm³/mol. The van der Waals surface area contributed by atoms with E-state index in [4.69, 9.17) is 5.73 Å². The third-order valence-electron chi connectivity index (χ3n) is 2.89. The van der Waals surface area contributed by atoms with Crippen molar-refractivity contribution in [3.8, 4) is 0 Å². The molecule has 0 aliphatic rings. The molecule has 1 amide bonds. The van der Waals surface area contributed by atoms with Crippen molar-refractivity contribution in [2.45, 2.75) is 58.8 Å². The van der Waals surface area contributed by atoms with Gasteiger partial charge in [-0.1, -0.05) is 13.8 Å². The van der Waals surface area contributed by atoms with Gasteiger partial charge in [-0.25, -0.2) is 0 Å². The fourth-order valence-corrected chi connectivity index (χ4v) is 3.03. The number of amides is 1. The van der Waals surface area contributed by atoms with Gasteiger partial charge < -0.3 is 11.1 Å². The average Bonchev–Trinajstić information content (AvgIpc) is 2.21. The second-order valence-electron chi connectivity index (χ2n) is 6.09. The van der Waals surface area contributed by atoms with Crippen LogP contribution in [0.2, 0.25) is 0 Å². The lowest BCUT2D eigenvalue weighted by molar-refractivity contribution is -0.126. The van der Waals surface area contributed by atoms with Crippen molar-refractivity contribution >= 4 is 17.7 Å². The highest BCUT2D eigenvalue weighted by Gasteiger charge is 2.35. The molecule has 1 unspecified atom stereocenters. The molecule has 0 fully saturated rings. The van der Waals surface area contributed by atoms with Crippen LogP contribution in [0.4, 0.5) is 0 Å². The van der Waals surface area contributed by atoms with Gasteiger partial charge in [-0.15, -0.1) is 0 Å². The molecule has 0 heterocycles. The molecule has 1 atom stereocenters. The number of nitrogens with one attached hydrogen (secondary N) is 1. The number of hydrogen-bond acceptors (Lipinski definition) is 3. The Hall–Kier alpha value is -0.220. The molecule has 0 aromatic carbocycles. The molecule has 4 heteroatoms. The second-order valence-corrected chi connectivity index (χ2v) is 7.84. The van der Waals surface area contributed by atoms with E-state index in [9.17, 15) is 4.79 Å². The number of thioether (sulfide) groups is 1. The Morgan fingerprint density at radius 3 is 2.22 bits per heavy atom. The fraction of sp³-hybridized carbons (Fsp3) is 0.929. The first-order valence-electron chi connectivity index (χ1n) is 6.85. The number of carbonyl (C=O) groups excluding carboxylic acids is 1. The molecular formula is C14H30N2OS. The van der Waals surface area contributed by atoms with Crippen molar-refractivity contribution in [1.82, 2.24) is 5.32 Å². The van der Waals surface area contributed by atoms with Gasteiger partial charge in [0.1, 0.15) is 0 Å². The summed E-state index contributed by atoms with van der Waals surface area (Å²) in [7, 11) is 0. The third-order valence-corrected chi connectivity index (χ3v) is 4.35. The normalized spacial score (nSPS) is 14.1. The summed E-state index contributed by atoms with van der Waals surface area (Å²) in [5, 5.41) is 3.05. The Kier molecular flexibility index (Phi) is 7.95. The molecule has 0 radical (unpaired) electrons. The van der Waals surface area contributed by atoms with Gasteiger partial charge in [0, 0.05) is 23.1 Å². The monoisotopic (exact) mass is 274 g/mol. The molecule has 0 aliphatic carbocycles. The van der Waals surface area contributed by atoms with Crippen LogP contribution in [0.25, 0.3) is 0 Å². The van der Waals surface area contributed by atoms with Crippen molar-refractivity contribution in [3.05, 3.63) is 0 Å². The second kappa shape index (κ2) is 8.05. The topological polar surface area (TPSA) is 55.1 Å². The summed E-state index contributed by atoms with van der Waals surface area (Å²) in [6.07, 6.45) is 0.920. The molecule has 18 heavy (non-hydrogen) atoms. The van der Waals surface area contributed by atoms with Gasteiger partial charge >= 0.3 is 0 Å². The van der Waals surface area contributed by atoms with Gasteiger partial charge in [-0.05, 0) is 40.0 Å². The lowest BCUT2D eigenvalue weighted by Gasteiger charge is -2.34. The smallest absolute Gasteiger partial charge is 0.224 e. The van der Waals surface area contributed by atoms with Crippen LogP contribution >= 0.6 is 11.8 Å². The van der Waals surface area contributed by atoms with Gasteiger partial charge in [-0.2, -0.15) is 11.8 Å². The summed E-state index contributed by atoms with van der Waals surface area (Å²) in [5.41, 5.74) is 5.57. The van der Waals surface area contributed by atoms with Gasteiger partial charge in [0.25, 0.3) is 0 Å². The summed E-state index contributed by atoms with van der Waals surface area (Å²) in [4.78, 5) is 12.3. The maximum atomic E-state index is 12.3. The molecular weight excluding hydrogens is 244 g/mol. The molecule has 0 saturated carbocycles. The van der Waals surface area contributed by atoms with Crippen molar-refractivity contribution in [3.63, 3.8) is 0 Å². The standard InChI is InChI=1S/C14H30N2OS/c1-10(2)9-12(13(17)16-11(3)4)14(5,6)18-8-7-15/h10-12H,7-9,15H2,1-6H3,(H,16,17). The Balaban J connectivity index is 4.79. The molecule has 0 aromatic heterocycles. The summed E-state index contributed by atoms with van der Waals surface area (Å²) in [5.74, 6) is 1.63. The van der Waals surface area contributed by atoms with E-state index in [1.807, 2.05) is 13.8 Å². The first-order valence-corrected chi connectivity index (χ1v) is 7.83. The highest BCUT2D eigenvalue weighted by molar-refractivity contribution is 8.00. The Labute approximate surface area is 117 Å². The number of nitrogens with two attached hydrogens (primary N) is 1. The SMILES string of the molecule is CC(C)CC(C(=O)NC(C)C)C(C)(C)SCCN. The van der Waals surface area contributed by atoms with Crippen LogP contribution in [-0.4, -0.2) is 29.0 Å². The van der Waals surface area contributed by atoms with Crippen LogP contribution < -0.4 is 11.1 Å². The maximum absolute atomic E-state index is 12.3. The van der Waals surface area contributed by atoms with Crippen molar-refractivity contribution < 1.29 is 4.79 Å². The van der Waals surface area contributed by atoms with E-state index in [0.29, 0.717) is 12.5 Å². The van der Waals surface area contributed by atoms with E-state index in [-0.39, 0.29) is 22.6 Å². The first kappa shape index (κ1) is 17.8. The minimum Gasteiger partial charge on any atom is -0.354 e. The molecule has 0 saturated heterocycles. The summed E-state index contributed by atoms with van der Waals surface area (Å²) in [6.45, 7) is 13.3. The molecule has 0 aromatic rings. The van der Waals surface area contributed by atoms with E-state index in [1.54, 1.807) is 11.8 Å². The largest absolute Gasteiger partial charge is 0.354 e. The zero-order valence-electron chi connectivity index (χ0n) is 12.7. The van der Waals surface area contributed by atoms with Crippen LogP contribution in [0.15, 0.2) is 0 Å². The summed E-state index contributed by atoms with van der Waals surface area (Å²) >= 11 is 1.80. The minimum atomic E-state index is -0.0669. The number of rotatable bonds is 8. The number of hydrogen-bond donors (Lipinski definition) is 2. The zero-order chi connectivity index (χ0) is 14.3. The van der Waals surface area contributed by atoms with Crippen LogP contribution in [0.3, 0.4) is 0 Å². The van der Waals surface area contributed by atoms with Crippen LogP contribution in [0, 0.1) is 11.8 Å². The maximum Gasteiger partial charge on any atom is 0.224 e. The third kappa shape index (κ3) is 6.64. The zero-order valence-corrected chi connectivity index (χ0v) is 13.6. The highest BCUT2D eigenvalue weighted by atomic mass is 32.2. The van der Waals surface area contributed by atoms with E-state index in [1.165, 1.54) is 0 Å². The average molecular weight is 274 g/mol. The Morgan fingerprint density at radius 1 is 1.28 bits per heavy atom. The predicted octanol–water partition coefficient (Wildman–Crippen LogP) is 2.64. The van der Waals surface area contributed by atoms with Crippen molar-refractivity contribution in [2.75, 3.05) is 12.3 Å². The van der Waals surface area contributed by atoms with Gasteiger partial charge in [0.05, 0.1) is 5.92 Å². The van der Waals surface area contributed by atoms with Crippen LogP contribution in [-0.2, 0) is 4.79 Å². The van der Waals surface area contributed by atoms with Gasteiger partial charge in [-0.3, -0.25) is 4.79 Å². The Bertz CT molecular complexity index is 252. The molecule has 0 aliphatic heterocycles. The van der Waals surface area contributed by atoms with Crippen LogP contribution in [0.1, 0.15) is 48.0 Å². The van der Waals surface area contributed by atoms with Crippen molar-refractivity contribution in [2.24, 2.45) is 17.6 Å². The molecule has 0 bridgehead atoms. The summed E-state index contributed by atoms with van der Waals surface area (Å²) in [6, 6.07) is 0.197. The Morgan fingerprint density at radius 2 is 1.83 bits per heavy atom. The summed E-state index contributed by atoms with van der Waals surface area (Å²) < 4.78 is -0.0669. The first-order chi connectivity index (χ1) is 8.20. The molecule has 0 rings (SSSR count). The molecule has 3 N–H and O–H groups in total. The molecule has 3 nitrogen and oxygen atoms in total. The van der Waals surface area contributed by atoms with Gasteiger partial charge in [0.15, 0.2) is 0 Å². The van der Waals surface area contributed by atoms with E-state index in [0.717, 1.165) is 12.2 Å². The van der Waals surface area contributed by atoms with E-state index < -0.39 is 0 Å². The lowest BCUT2D eigenvalue weighted by Crippen LogP contribution is -2.44. The van der Waals surface area contributed by atoms with Crippen molar-refractivity contribution in [1.29, 1.82) is 0 Å².